The van der Waals surface area contributed by atoms with Gasteiger partial charge in [-0.05, 0) is 36.6 Å². The van der Waals surface area contributed by atoms with Crippen LogP contribution in [-0.2, 0) is 9.59 Å². The Labute approximate surface area is 116 Å². The topological polar surface area (TPSA) is 57.6 Å². The maximum Gasteiger partial charge on any atom is 0.308 e. The van der Waals surface area contributed by atoms with E-state index in [-0.39, 0.29) is 18.3 Å². The highest BCUT2D eigenvalue weighted by Crippen LogP contribution is 2.17. The van der Waals surface area contributed by atoms with Crippen LogP contribution in [0.25, 0.3) is 6.08 Å². The van der Waals surface area contributed by atoms with Crippen molar-refractivity contribution < 1.29 is 19.1 Å². The average molecular weight is 277 g/mol. The minimum Gasteiger partial charge on any atom is -0.481 e. The van der Waals surface area contributed by atoms with Gasteiger partial charge in [0.05, 0.1) is 5.92 Å². The van der Waals surface area contributed by atoms with Crippen LogP contribution < -0.4 is 0 Å². The number of hydrogen-bond donors (Lipinski definition) is 1. The molecule has 0 aromatic heterocycles. The van der Waals surface area contributed by atoms with Gasteiger partial charge in [0.15, 0.2) is 0 Å². The molecule has 0 spiro atoms. The number of rotatable bonds is 3. The molecule has 0 saturated carbocycles. The molecule has 20 heavy (non-hydrogen) atoms. The molecule has 4 nitrogen and oxygen atoms in total. The molecule has 0 aliphatic carbocycles. The summed E-state index contributed by atoms with van der Waals surface area (Å²) in [7, 11) is 0. The van der Waals surface area contributed by atoms with Gasteiger partial charge in [0.1, 0.15) is 5.82 Å². The quantitative estimate of drug-likeness (QED) is 0.861. The smallest absolute Gasteiger partial charge is 0.308 e. The van der Waals surface area contributed by atoms with Gasteiger partial charge in [-0.25, -0.2) is 4.39 Å². The van der Waals surface area contributed by atoms with Crippen molar-refractivity contribution in [2.75, 3.05) is 13.1 Å². The van der Waals surface area contributed by atoms with Gasteiger partial charge in [0.25, 0.3) is 0 Å². The lowest BCUT2D eigenvalue weighted by Gasteiger charge is -2.29. The summed E-state index contributed by atoms with van der Waals surface area (Å²) >= 11 is 0. The van der Waals surface area contributed by atoms with Gasteiger partial charge in [0.2, 0.25) is 5.91 Å². The number of halogens is 1. The molecule has 1 heterocycles. The van der Waals surface area contributed by atoms with Crippen LogP contribution in [0.3, 0.4) is 0 Å². The van der Waals surface area contributed by atoms with Crippen molar-refractivity contribution in [2.45, 2.75) is 12.8 Å². The lowest BCUT2D eigenvalue weighted by atomic mass is 9.98. The summed E-state index contributed by atoms with van der Waals surface area (Å²) in [5.74, 6) is -1.95. The normalized spacial score (nSPS) is 19.2. The van der Waals surface area contributed by atoms with Gasteiger partial charge in [0, 0.05) is 19.2 Å². The number of nitrogens with zero attached hydrogens (tertiary/aromatic N) is 1. The molecule has 1 aromatic carbocycles. The zero-order valence-electron chi connectivity index (χ0n) is 11.0. The molecule has 1 amide bonds. The van der Waals surface area contributed by atoms with Crippen LogP contribution in [0.4, 0.5) is 4.39 Å². The summed E-state index contributed by atoms with van der Waals surface area (Å²) < 4.78 is 13.0. The Hall–Kier alpha value is -2.17. The van der Waals surface area contributed by atoms with E-state index >= 15 is 0 Å². The molecule has 0 radical (unpaired) electrons. The largest absolute Gasteiger partial charge is 0.481 e. The first-order valence-corrected chi connectivity index (χ1v) is 6.51. The van der Waals surface area contributed by atoms with E-state index in [9.17, 15) is 14.0 Å². The predicted octanol–water partition coefficient (Wildman–Crippen LogP) is 2.16. The van der Waals surface area contributed by atoms with Crippen LogP contribution >= 0.6 is 0 Å². The lowest BCUT2D eigenvalue weighted by Crippen LogP contribution is -2.41. The molecule has 0 bridgehead atoms. The standard InChI is InChI=1S/C15H16FNO3/c16-13-5-1-3-11(9-13)6-7-14(18)17-8-2-4-12(10-17)15(19)20/h1,3,5-7,9,12H,2,4,8,10H2,(H,19,20)/b7-6+/t12-/m1/s1. The summed E-state index contributed by atoms with van der Waals surface area (Å²) in [4.78, 5) is 24.4. The molecular weight excluding hydrogens is 261 g/mol. The predicted molar refractivity (Wildman–Crippen MR) is 72.4 cm³/mol. The lowest BCUT2D eigenvalue weighted by molar-refractivity contribution is -0.144. The Balaban J connectivity index is 1.99. The van der Waals surface area contributed by atoms with Crippen molar-refractivity contribution in [3.8, 4) is 0 Å². The van der Waals surface area contributed by atoms with Crippen molar-refractivity contribution in [1.82, 2.24) is 4.90 Å². The molecule has 1 aliphatic heterocycles. The van der Waals surface area contributed by atoms with Crippen molar-refractivity contribution >= 4 is 18.0 Å². The monoisotopic (exact) mass is 277 g/mol. The third kappa shape index (κ3) is 3.66. The SMILES string of the molecule is O=C(O)[C@@H]1CCCN(C(=O)/C=C/c2cccc(F)c2)C1. The van der Waals surface area contributed by atoms with Crippen LogP contribution in [0.5, 0.6) is 0 Å². The number of likely N-dealkylation sites (tertiary alicyclic amines) is 1. The molecule has 5 heteroatoms. The number of carboxylic acid groups (broad SMARTS) is 1. The Morgan fingerprint density at radius 3 is 2.90 bits per heavy atom. The van der Waals surface area contributed by atoms with Crippen molar-refractivity contribution in [3.05, 3.63) is 41.7 Å². The zero-order chi connectivity index (χ0) is 14.5. The van der Waals surface area contributed by atoms with Crippen LogP contribution in [0.2, 0.25) is 0 Å². The third-order valence-electron chi connectivity index (χ3n) is 3.35. The van der Waals surface area contributed by atoms with E-state index in [1.165, 1.54) is 29.2 Å². The fourth-order valence-electron chi connectivity index (χ4n) is 2.26. The zero-order valence-corrected chi connectivity index (χ0v) is 11.0. The summed E-state index contributed by atoms with van der Waals surface area (Å²) in [5.41, 5.74) is 0.602. The second-order valence-corrected chi connectivity index (χ2v) is 4.85. The van der Waals surface area contributed by atoms with Gasteiger partial charge in [-0.15, -0.1) is 0 Å². The minimum absolute atomic E-state index is 0.236. The number of carbonyl (C=O) groups is 2. The van der Waals surface area contributed by atoms with Crippen LogP contribution in [0.1, 0.15) is 18.4 Å². The number of hydrogen-bond acceptors (Lipinski definition) is 2. The van der Waals surface area contributed by atoms with Gasteiger partial charge in [-0.3, -0.25) is 9.59 Å². The highest BCUT2D eigenvalue weighted by molar-refractivity contribution is 5.92. The highest BCUT2D eigenvalue weighted by atomic mass is 19.1. The Kier molecular flexibility index (Phi) is 4.50. The number of benzene rings is 1. The van der Waals surface area contributed by atoms with Gasteiger partial charge in [-0.2, -0.15) is 0 Å². The fraction of sp³-hybridized carbons (Fsp3) is 0.333. The van der Waals surface area contributed by atoms with Gasteiger partial charge in [-0.1, -0.05) is 12.1 Å². The molecule has 1 fully saturated rings. The van der Waals surface area contributed by atoms with E-state index in [1.54, 1.807) is 12.1 Å². The average Bonchev–Trinajstić information content (AvgIpc) is 2.45. The maximum atomic E-state index is 13.0. The van der Waals surface area contributed by atoms with Crippen LogP contribution in [0.15, 0.2) is 30.3 Å². The third-order valence-corrected chi connectivity index (χ3v) is 3.35. The first-order valence-electron chi connectivity index (χ1n) is 6.51. The molecule has 1 aliphatic rings. The van der Waals surface area contributed by atoms with Crippen LogP contribution in [0, 0.1) is 11.7 Å². The molecule has 0 unspecified atom stereocenters. The van der Waals surface area contributed by atoms with E-state index < -0.39 is 11.9 Å². The molecule has 2 rings (SSSR count). The van der Waals surface area contributed by atoms with Crippen molar-refractivity contribution in [3.63, 3.8) is 0 Å². The first kappa shape index (κ1) is 14.2. The molecule has 1 atom stereocenters. The summed E-state index contributed by atoms with van der Waals surface area (Å²) in [5, 5.41) is 8.98. The molecule has 1 aromatic rings. The molecule has 106 valence electrons. The second-order valence-electron chi connectivity index (χ2n) is 4.85. The Bertz CT molecular complexity index is 542. The number of carbonyl (C=O) groups excluding carboxylic acids is 1. The number of amides is 1. The Morgan fingerprint density at radius 1 is 1.40 bits per heavy atom. The minimum atomic E-state index is -0.864. The molecule has 1 saturated heterocycles. The number of carboxylic acids is 1. The highest BCUT2D eigenvalue weighted by Gasteiger charge is 2.26. The molecular formula is C15H16FNO3. The van der Waals surface area contributed by atoms with E-state index in [0.29, 0.717) is 24.9 Å². The van der Waals surface area contributed by atoms with Crippen molar-refractivity contribution in [1.29, 1.82) is 0 Å². The van der Waals surface area contributed by atoms with Gasteiger partial charge >= 0.3 is 5.97 Å². The first-order chi connectivity index (χ1) is 9.56. The Morgan fingerprint density at radius 2 is 2.20 bits per heavy atom. The molecule has 1 N–H and O–H groups in total. The van der Waals surface area contributed by atoms with E-state index in [2.05, 4.69) is 0 Å². The summed E-state index contributed by atoms with van der Waals surface area (Å²) in [6.07, 6.45) is 4.19. The van der Waals surface area contributed by atoms with E-state index in [4.69, 9.17) is 5.11 Å². The van der Waals surface area contributed by atoms with Crippen molar-refractivity contribution in [2.24, 2.45) is 5.92 Å². The maximum absolute atomic E-state index is 13.0. The summed E-state index contributed by atoms with van der Waals surface area (Å²) in [6.45, 7) is 0.803. The summed E-state index contributed by atoms with van der Waals surface area (Å²) in [6, 6.07) is 5.94. The number of aliphatic carboxylic acids is 1. The second kappa shape index (κ2) is 6.32. The number of piperidine rings is 1. The van der Waals surface area contributed by atoms with Gasteiger partial charge < -0.3 is 10.0 Å². The van der Waals surface area contributed by atoms with E-state index in [0.717, 1.165) is 0 Å². The van der Waals surface area contributed by atoms with Crippen LogP contribution in [-0.4, -0.2) is 35.0 Å². The fourth-order valence-corrected chi connectivity index (χ4v) is 2.26. The van der Waals surface area contributed by atoms with E-state index in [1.807, 2.05) is 0 Å².